The number of carbonyl (C=O) groups excluding carboxylic acids is 1. The number of aliphatic hydroxyl groups is 6. The summed E-state index contributed by atoms with van der Waals surface area (Å²) in [4.78, 5) is 14.3. The first-order valence-corrected chi connectivity index (χ1v) is 17.0. The SMILES string of the molecule is CC1CCC2(C(=O)OC3OC(O)C(O)C(O)C3O)CCC3(C)C(=CCC4C5(C)CCC(O)C(C)(C)C5CCC43C)C2C1(C)O. The lowest BCUT2D eigenvalue weighted by atomic mass is 9.33. The Balaban J connectivity index is 1.39. The maximum atomic E-state index is 14.3. The molecule has 5 aliphatic carbocycles. The van der Waals surface area contributed by atoms with E-state index in [9.17, 15) is 35.4 Å². The van der Waals surface area contributed by atoms with Crippen LogP contribution in [0.25, 0.3) is 0 Å². The molecule has 0 aromatic rings. The van der Waals surface area contributed by atoms with Crippen molar-refractivity contribution in [2.45, 2.75) is 149 Å². The zero-order chi connectivity index (χ0) is 32.4. The second kappa shape index (κ2) is 10.2. The van der Waals surface area contributed by atoms with Crippen LogP contribution in [0.3, 0.4) is 0 Å². The summed E-state index contributed by atoms with van der Waals surface area (Å²) in [6.07, 6.45) is 0.450. The maximum Gasteiger partial charge on any atom is 0.315 e. The third-order valence-electron chi connectivity index (χ3n) is 15.2. The Morgan fingerprint density at radius 1 is 0.841 bits per heavy atom. The normalized spacial score (nSPS) is 56.7. The highest BCUT2D eigenvalue weighted by Gasteiger charge is 2.71. The summed E-state index contributed by atoms with van der Waals surface area (Å²) in [6.45, 7) is 15.6. The van der Waals surface area contributed by atoms with Crippen molar-refractivity contribution >= 4 is 5.97 Å². The van der Waals surface area contributed by atoms with Crippen molar-refractivity contribution in [2.24, 2.45) is 50.7 Å². The second-order valence-corrected chi connectivity index (χ2v) is 17.2. The fraction of sp³-hybridized carbons (Fsp3) is 0.914. The van der Waals surface area contributed by atoms with Crippen molar-refractivity contribution in [1.29, 1.82) is 0 Å². The van der Waals surface area contributed by atoms with Gasteiger partial charge in [0.15, 0.2) is 6.29 Å². The summed E-state index contributed by atoms with van der Waals surface area (Å²) in [5.41, 5.74) is -1.57. The Morgan fingerprint density at radius 2 is 1.52 bits per heavy atom. The molecule has 0 bridgehead atoms. The van der Waals surface area contributed by atoms with Crippen LogP contribution in [0.1, 0.15) is 106 Å². The molecule has 6 rings (SSSR count). The van der Waals surface area contributed by atoms with Crippen LogP contribution in [-0.4, -0.2) is 79.2 Å². The maximum absolute atomic E-state index is 14.3. The van der Waals surface area contributed by atoms with Crippen LogP contribution >= 0.6 is 0 Å². The minimum Gasteiger partial charge on any atom is -0.432 e. The van der Waals surface area contributed by atoms with E-state index in [-0.39, 0.29) is 33.7 Å². The van der Waals surface area contributed by atoms with E-state index in [0.717, 1.165) is 44.1 Å². The van der Waals surface area contributed by atoms with Gasteiger partial charge in [0.1, 0.15) is 18.3 Å². The summed E-state index contributed by atoms with van der Waals surface area (Å²) in [5, 5.41) is 64.2. The molecule has 6 N–H and O–H groups in total. The quantitative estimate of drug-likeness (QED) is 0.201. The molecule has 1 heterocycles. The molecule has 0 aromatic carbocycles. The van der Waals surface area contributed by atoms with Crippen molar-refractivity contribution < 1.29 is 44.9 Å². The van der Waals surface area contributed by atoms with Crippen molar-refractivity contribution in [3.05, 3.63) is 11.6 Å². The minimum atomic E-state index is -1.82. The molecule has 6 aliphatic rings. The molecular formula is C35H56O9. The number of allylic oxidation sites excluding steroid dienone is 1. The van der Waals surface area contributed by atoms with E-state index in [1.807, 2.05) is 13.8 Å². The smallest absolute Gasteiger partial charge is 0.315 e. The van der Waals surface area contributed by atoms with E-state index in [2.05, 4.69) is 40.7 Å². The van der Waals surface area contributed by atoms with Crippen LogP contribution in [0.5, 0.6) is 0 Å². The number of aliphatic hydroxyl groups excluding tert-OH is 5. The second-order valence-electron chi connectivity index (χ2n) is 17.2. The van der Waals surface area contributed by atoms with Gasteiger partial charge in [0.25, 0.3) is 0 Å². The Kier molecular flexibility index (Phi) is 7.63. The summed E-state index contributed by atoms with van der Waals surface area (Å²) >= 11 is 0. The zero-order valence-corrected chi connectivity index (χ0v) is 27.6. The number of rotatable bonds is 2. The fourth-order valence-electron chi connectivity index (χ4n) is 12.0. The first-order chi connectivity index (χ1) is 20.3. The largest absolute Gasteiger partial charge is 0.432 e. The van der Waals surface area contributed by atoms with Gasteiger partial charge in [-0.25, -0.2) is 0 Å². The highest BCUT2D eigenvalue weighted by atomic mass is 16.8. The Hall–Kier alpha value is -1.07. The van der Waals surface area contributed by atoms with Crippen LogP contribution in [-0.2, 0) is 14.3 Å². The summed E-state index contributed by atoms with van der Waals surface area (Å²) in [5.74, 6) is -0.370. The van der Waals surface area contributed by atoms with Crippen molar-refractivity contribution in [1.82, 2.24) is 0 Å². The highest BCUT2D eigenvalue weighted by Crippen LogP contribution is 2.76. The predicted molar refractivity (Wildman–Crippen MR) is 161 cm³/mol. The molecule has 15 unspecified atom stereocenters. The molecule has 0 radical (unpaired) electrons. The Morgan fingerprint density at radius 3 is 2.20 bits per heavy atom. The van der Waals surface area contributed by atoms with Gasteiger partial charge in [0.05, 0.1) is 17.1 Å². The molecule has 1 aliphatic heterocycles. The first kappa shape index (κ1) is 32.9. The van der Waals surface area contributed by atoms with Gasteiger partial charge in [-0.2, -0.15) is 0 Å². The predicted octanol–water partition coefficient (Wildman–Crippen LogP) is 3.42. The van der Waals surface area contributed by atoms with Crippen LogP contribution in [0, 0.1) is 50.7 Å². The molecule has 0 amide bonds. The van der Waals surface area contributed by atoms with Gasteiger partial charge in [-0.05, 0) is 104 Å². The lowest BCUT2D eigenvalue weighted by Gasteiger charge is -2.71. The van der Waals surface area contributed by atoms with Gasteiger partial charge in [0, 0.05) is 5.92 Å². The van der Waals surface area contributed by atoms with Gasteiger partial charge < -0.3 is 40.1 Å². The van der Waals surface area contributed by atoms with Crippen LogP contribution in [0.4, 0.5) is 0 Å². The van der Waals surface area contributed by atoms with Crippen molar-refractivity contribution in [3.63, 3.8) is 0 Å². The standard InChI is InChI=1S/C35H56O9/c1-18-10-15-35(29(41)44-28-25(39)23(37)24(38)27(40)43-28)17-16-32(5)19(26(35)34(18,7)42)8-9-21-31(4)13-12-22(36)30(2,3)20(31)11-14-33(21,32)6/h8,18,20-28,36-40,42H,9-17H2,1-7H3. The third-order valence-corrected chi connectivity index (χ3v) is 15.2. The van der Waals surface area contributed by atoms with Gasteiger partial charge in [-0.3, -0.25) is 4.79 Å². The third kappa shape index (κ3) is 4.12. The number of fused-ring (bicyclic) bond motifs is 7. The van der Waals surface area contributed by atoms with E-state index in [1.165, 1.54) is 0 Å². The Bertz CT molecular complexity index is 1200. The van der Waals surface area contributed by atoms with Crippen LogP contribution in [0.2, 0.25) is 0 Å². The van der Waals surface area contributed by atoms with E-state index in [1.54, 1.807) is 0 Å². The number of esters is 1. The van der Waals surface area contributed by atoms with Crippen LogP contribution in [0.15, 0.2) is 11.6 Å². The van der Waals surface area contributed by atoms with E-state index >= 15 is 0 Å². The molecule has 5 fully saturated rings. The molecule has 250 valence electrons. The van der Waals surface area contributed by atoms with E-state index in [0.29, 0.717) is 31.1 Å². The lowest BCUT2D eigenvalue weighted by molar-refractivity contribution is -0.335. The topological polar surface area (TPSA) is 157 Å². The molecule has 9 heteroatoms. The highest BCUT2D eigenvalue weighted by molar-refractivity contribution is 5.79. The summed E-state index contributed by atoms with van der Waals surface area (Å²) in [6, 6.07) is 0. The van der Waals surface area contributed by atoms with E-state index < -0.39 is 53.8 Å². The number of hydrogen-bond donors (Lipinski definition) is 6. The van der Waals surface area contributed by atoms with Gasteiger partial charge >= 0.3 is 5.97 Å². The zero-order valence-electron chi connectivity index (χ0n) is 27.6. The fourth-order valence-corrected chi connectivity index (χ4v) is 12.0. The lowest BCUT2D eigenvalue weighted by Crippen LogP contribution is -2.68. The molecule has 15 atom stereocenters. The number of carbonyl (C=O) groups is 1. The molecule has 1 saturated heterocycles. The van der Waals surface area contributed by atoms with Gasteiger partial charge in [-0.15, -0.1) is 0 Å². The Labute approximate surface area is 262 Å². The molecule has 0 aromatic heterocycles. The average molecular weight is 621 g/mol. The first-order valence-electron chi connectivity index (χ1n) is 17.0. The number of ether oxygens (including phenoxy) is 2. The minimum absolute atomic E-state index is 0.0635. The molecule has 0 spiro atoms. The molecule has 4 saturated carbocycles. The van der Waals surface area contributed by atoms with Gasteiger partial charge in [0.2, 0.25) is 6.29 Å². The molecule has 44 heavy (non-hydrogen) atoms. The van der Waals surface area contributed by atoms with Crippen molar-refractivity contribution in [2.75, 3.05) is 0 Å². The summed E-state index contributed by atoms with van der Waals surface area (Å²) < 4.78 is 11.0. The van der Waals surface area contributed by atoms with Gasteiger partial charge in [-0.1, -0.05) is 53.2 Å². The molecular weight excluding hydrogens is 564 g/mol. The number of hydrogen-bond acceptors (Lipinski definition) is 9. The van der Waals surface area contributed by atoms with E-state index in [4.69, 9.17) is 9.47 Å². The van der Waals surface area contributed by atoms with Crippen molar-refractivity contribution in [3.8, 4) is 0 Å². The summed E-state index contributed by atoms with van der Waals surface area (Å²) in [7, 11) is 0. The average Bonchev–Trinajstić information content (AvgIpc) is 2.95. The molecule has 9 nitrogen and oxygen atoms in total. The monoisotopic (exact) mass is 620 g/mol. The van der Waals surface area contributed by atoms with Crippen LogP contribution < -0.4 is 0 Å².